The number of nitrogens with two attached hydrogens (primary N) is 1. The Hall–Kier alpha value is -0.940. The first kappa shape index (κ1) is 13.5. The molecule has 0 amide bonds. The zero-order chi connectivity index (χ0) is 13.0. The van der Waals surface area contributed by atoms with E-state index in [1.54, 1.807) is 0 Å². The van der Waals surface area contributed by atoms with Crippen LogP contribution in [0.4, 0.5) is 0 Å². The van der Waals surface area contributed by atoms with E-state index in [1.165, 1.54) is 0 Å². The third kappa shape index (κ3) is 3.29. The number of aromatic nitrogens is 2. The number of rotatable bonds is 5. The van der Waals surface area contributed by atoms with Gasteiger partial charge in [0, 0.05) is 19.1 Å². The van der Waals surface area contributed by atoms with Gasteiger partial charge in [0.2, 0.25) is 5.89 Å². The summed E-state index contributed by atoms with van der Waals surface area (Å²) in [7, 11) is 0. The maximum absolute atomic E-state index is 5.79. The van der Waals surface area contributed by atoms with Crippen molar-refractivity contribution in [2.24, 2.45) is 11.7 Å². The fraction of sp³-hybridized carbons (Fsp3) is 0.846. The number of ether oxygens (including phenoxy) is 1. The summed E-state index contributed by atoms with van der Waals surface area (Å²) in [5.74, 6) is 2.51. The molecule has 2 heterocycles. The van der Waals surface area contributed by atoms with Gasteiger partial charge in [-0.25, -0.2) is 0 Å². The highest BCUT2D eigenvalue weighted by Crippen LogP contribution is 2.26. The van der Waals surface area contributed by atoms with E-state index in [-0.39, 0.29) is 11.8 Å². The number of hydrogen-bond acceptors (Lipinski definition) is 5. The molecule has 2 unspecified atom stereocenters. The van der Waals surface area contributed by atoms with Crippen molar-refractivity contribution in [1.82, 2.24) is 10.1 Å². The molecule has 1 aromatic rings. The minimum Gasteiger partial charge on any atom is -0.381 e. The molecule has 0 bridgehead atoms. The van der Waals surface area contributed by atoms with Crippen LogP contribution in [0.1, 0.15) is 56.7 Å². The van der Waals surface area contributed by atoms with Crippen molar-refractivity contribution in [2.45, 2.75) is 44.9 Å². The lowest BCUT2D eigenvalue weighted by Gasteiger charge is -2.18. The molecular formula is C13H23N3O2. The Kier molecular flexibility index (Phi) is 4.72. The minimum atomic E-state index is 0.177. The first-order valence-corrected chi connectivity index (χ1v) is 6.82. The van der Waals surface area contributed by atoms with E-state index in [9.17, 15) is 0 Å². The van der Waals surface area contributed by atoms with Gasteiger partial charge in [-0.1, -0.05) is 19.0 Å². The van der Waals surface area contributed by atoms with E-state index >= 15 is 0 Å². The SMILES string of the molecule is CC(C)CC(CN)c1nc(C2CCCOC2)no1. The first-order chi connectivity index (χ1) is 8.70. The molecule has 0 aromatic carbocycles. The van der Waals surface area contributed by atoms with Crippen molar-refractivity contribution >= 4 is 0 Å². The van der Waals surface area contributed by atoms with E-state index in [2.05, 4.69) is 24.0 Å². The van der Waals surface area contributed by atoms with Crippen LogP contribution in [0.15, 0.2) is 4.52 Å². The summed E-state index contributed by atoms with van der Waals surface area (Å²) in [5.41, 5.74) is 5.79. The van der Waals surface area contributed by atoms with Gasteiger partial charge in [0.1, 0.15) is 0 Å². The van der Waals surface area contributed by atoms with E-state index in [0.29, 0.717) is 25.0 Å². The average molecular weight is 253 g/mol. The molecule has 0 saturated carbocycles. The van der Waals surface area contributed by atoms with Crippen LogP contribution in [0, 0.1) is 5.92 Å². The van der Waals surface area contributed by atoms with E-state index in [0.717, 1.165) is 31.7 Å². The second-order valence-corrected chi connectivity index (χ2v) is 5.47. The molecule has 1 saturated heterocycles. The lowest BCUT2D eigenvalue weighted by molar-refractivity contribution is 0.0773. The molecule has 5 nitrogen and oxygen atoms in total. The summed E-state index contributed by atoms with van der Waals surface area (Å²) in [6.07, 6.45) is 3.14. The van der Waals surface area contributed by atoms with Gasteiger partial charge in [-0.05, 0) is 25.2 Å². The van der Waals surface area contributed by atoms with E-state index in [1.807, 2.05) is 0 Å². The lowest BCUT2D eigenvalue weighted by atomic mass is 9.97. The van der Waals surface area contributed by atoms with Crippen molar-refractivity contribution in [3.8, 4) is 0 Å². The summed E-state index contributed by atoms with van der Waals surface area (Å²) in [5, 5.41) is 4.09. The van der Waals surface area contributed by atoms with Crippen LogP contribution in [0.2, 0.25) is 0 Å². The third-order valence-corrected chi connectivity index (χ3v) is 3.37. The second-order valence-electron chi connectivity index (χ2n) is 5.47. The predicted octanol–water partition coefficient (Wildman–Crippen LogP) is 2.05. The molecule has 1 aromatic heterocycles. The maximum Gasteiger partial charge on any atom is 0.231 e. The Morgan fingerprint density at radius 2 is 2.28 bits per heavy atom. The Morgan fingerprint density at radius 3 is 2.89 bits per heavy atom. The standard InChI is InChI=1S/C13H23N3O2/c1-9(2)6-11(7-14)13-15-12(16-18-13)10-4-3-5-17-8-10/h9-11H,3-8,14H2,1-2H3. The molecule has 2 N–H and O–H groups in total. The highest BCUT2D eigenvalue weighted by atomic mass is 16.5. The quantitative estimate of drug-likeness (QED) is 0.869. The van der Waals surface area contributed by atoms with Gasteiger partial charge in [0.25, 0.3) is 0 Å². The monoisotopic (exact) mass is 253 g/mol. The average Bonchev–Trinajstić information content (AvgIpc) is 2.86. The summed E-state index contributed by atoms with van der Waals surface area (Å²) in [4.78, 5) is 4.52. The van der Waals surface area contributed by atoms with Crippen molar-refractivity contribution in [1.29, 1.82) is 0 Å². The summed E-state index contributed by atoms with van der Waals surface area (Å²) in [6, 6.07) is 0. The summed E-state index contributed by atoms with van der Waals surface area (Å²) >= 11 is 0. The zero-order valence-corrected chi connectivity index (χ0v) is 11.3. The predicted molar refractivity (Wildman–Crippen MR) is 68.3 cm³/mol. The smallest absolute Gasteiger partial charge is 0.231 e. The molecule has 5 heteroatoms. The van der Waals surface area contributed by atoms with Crippen molar-refractivity contribution in [2.75, 3.05) is 19.8 Å². The van der Waals surface area contributed by atoms with Crippen LogP contribution in [-0.2, 0) is 4.74 Å². The van der Waals surface area contributed by atoms with Crippen molar-refractivity contribution < 1.29 is 9.26 Å². The fourth-order valence-electron chi connectivity index (χ4n) is 2.39. The Balaban J connectivity index is 2.03. The summed E-state index contributed by atoms with van der Waals surface area (Å²) in [6.45, 7) is 6.46. The maximum atomic E-state index is 5.79. The van der Waals surface area contributed by atoms with Crippen LogP contribution in [-0.4, -0.2) is 29.9 Å². The molecule has 1 aliphatic rings. The summed E-state index contributed by atoms with van der Waals surface area (Å²) < 4.78 is 10.8. The van der Waals surface area contributed by atoms with Gasteiger partial charge in [-0.3, -0.25) is 0 Å². The van der Waals surface area contributed by atoms with E-state index in [4.69, 9.17) is 15.0 Å². The molecule has 0 spiro atoms. The van der Waals surface area contributed by atoms with E-state index < -0.39 is 0 Å². The third-order valence-electron chi connectivity index (χ3n) is 3.37. The van der Waals surface area contributed by atoms with Crippen LogP contribution in [0.25, 0.3) is 0 Å². The van der Waals surface area contributed by atoms with Crippen molar-refractivity contribution in [3.63, 3.8) is 0 Å². The van der Waals surface area contributed by atoms with Crippen LogP contribution < -0.4 is 5.73 Å². The molecule has 0 aliphatic carbocycles. The zero-order valence-electron chi connectivity index (χ0n) is 11.3. The molecule has 2 atom stereocenters. The molecule has 18 heavy (non-hydrogen) atoms. The topological polar surface area (TPSA) is 74.2 Å². The number of hydrogen-bond donors (Lipinski definition) is 1. The molecular weight excluding hydrogens is 230 g/mol. The van der Waals surface area contributed by atoms with Crippen molar-refractivity contribution in [3.05, 3.63) is 11.7 Å². The van der Waals surface area contributed by atoms with Gasteiger partial charge >= 0.3 is 0 Å². The molecule has 102 valence electrons. The van der Waals surface area contributed by atoms with Gasteiger partial charge < -0.3 is 15.0 Å². The highest BCUT2D eigenvalue weighted by molar-refractivity contribution is 5.00. The Bertz CT molecular complexity index is 359. The first-order valence-electron chi connectivity index (χ1n) is 6.82. The van der Waals surface area contributed by atoms with Crippen LogP contribution in [0.3, 0.4) is 0 Å². The van der Waals surface area contributed by atoms with Gasteiger partial charge in [-0.15, -0.1) is 0 Å². The molecule has 1 aliphatic heterocycles. The molecule has 1 fully saturated rings. The Labute approximate surface area is 108 Å². The molecule has 0 radical (unpaired) electrons. The molecule has 2 rings (SSSR count). The Morgan fingerprint density at radius 1 is 1.44 bits per heavy atom. The van der Waals surface area contributed by atoms with Gasteiger partial charge in [0.15, 0.2) is 5.82 Å². The fourth-order valence-corrected chi connectivity index (χ4v) is 2.39. The van der Waals surface area contributed by atoms with Crippen LogP contribution in [0.5, 0.6) is 0 Å². The normalized spacial score (nSPS) is 22.3. The van der Waals surface area contributed by atoms with Crippen LogP contribution >= 0.6 is 0 Å². The minimum absolute atomic E-state index is 0.177. The number of nitrogens with zero attached hydrogens (tertiary/aromatic N) is 2. The highest BCUT2D eigenvalue weighted by Gasteiger charge is 2.24. The van der Waals surface area contributed by atoms with Gasteiger partial charge in [-0.2, -0.15) is 4.98 Å². The van der Waals surface area contributed by atoms with Gasteiger partial charge in [0.05, 0.1) is 12.5 Å². The second kappa shape index (κ2) is 6.29. The lowest BCUT2D eigenvalue weighted by Crippen LogP contribution is -2.17. The largest absolute Gasteiger partial charge is 0.381 e.